The largest absolute Gasteiger partial charge is 0.265 e. The summed E-state index contributed by atoms with van der Waals surface area (Å²) in [5.74, 6) is 0. The second-order valence-corrected chi connectivity index (χ2v) is 9.81. The summed E-state index contributed by atoms with van der Waals surface area (Å²) in [5.41, 5.74) is 8.45. The summed E-state index contributed by atoms with van der Waals surface area (Å²) >= 11 is 1.71. The van der Waals surface area contributed by atoms with E-state index in [1.54, 1.807) is 11.3 Å². The van der Waals surface area contributed by atoms with Gasteiger partial charge in [0.1, 0.15) is 5.01 Å². The quantitative estimate of drug-likeness (QED) is 0.411. The summed E-state index contributed by atoms with van der Waals surface area (Å²) in [4.78, 5) is 9.10. The molecule has 0 saturated carbocycles. The van der Waals surface area contributed by atoms with Gasteiger partial charge < -0.3 is 0 Å². The van der Waals surface area contributed by atoms with Crippen molar-refractivity contribution < 1.29 is 0 Å². The minimum atomic E-state index is 0. The van der Waals surface area contributed by atoms with Gasteiger partial charge in [-0.05, 0) is 65.0 Å². The highest BCUT2D eigenvalue weighted by Crippen LogP contribution is 2.48. The van der Waals surface area contributed by atoms with Crippen molar-refractivity contribution in [2.75, 3.05) is 0 Å². The molecule has 1 aliphatic carbocycles. The fourth-order valence-electron chi connectivity index (χ4n) is 4.21. The van der Waals surface area contributed by atoms with Crippen LogP contribution in [-0.4, -0.2) is 9.97 Å². The van der Waals surface area contributed by atoms with E-state index in [1.807, 2.05) is 24.5 Å². The molecular formula is C24H29BrN2S. The predicted octanol–water partition coefficient (Wildman–Crippen LogP) is 7.36. The van der Waals surface area contributed by atoms with Gasteiger partial charge in [0.2, 0.25) is 0 Å². The number of halogens is 1. The zero-order valence-corrected chi connectivity index (χ0v) is 19.9. The maximum atomic E-state index is 4.98. The zero-order valence-electron chi connectivity index (χ0n) is 17.4. The summed E-state index contributed by atoms with van der Waals surface area (Å²) in [5, 5.41) is 3.27. The molecule has 0 N–H and O–H groups in total. The Balaban J connectivity index is 0.00000225. The number of hydrogen-bond acceptors (Lipinski definition) is 3. The molecule has 0 fully saturated rings. The van der Waals surface area contributed by atoms with E-state index >= 15 is 0 Å². The van der Waals surface area contributed by atoms with Gasteiger partial charge in [-0.3, -0.25) is 4.98 Å². The van der Waals surface area contributed by atoms with Gasteiger partial charge in [-0.15, -0.1) is 28.3 Å². The number of thiazole rings is 1. The summed E-state index contributed by atoms with van der Waals surface area (Å²) in [7, 11) is 0. The van der Waals surface area contributed by atoms with E-state index in [1.165, 1.54) is 35.1 Å². The molecule has 1 aromatic carbocycles. The van der Waals surface area contributed by atoms with E-state index < -0.39 is 0 Å². The Labute approximate surface area is 183 Å². The number of aryl methyl sites for hydroxylation is 1. The standard InChI is InChI=1S/C24H28N2S.BrH/c1-6-16-13-19-20(24(4,5)10-9-23(19,2)3)14-18(16)21-15-27-22(26-21)17-7-11-25-12-8-17;/h7-8,11-15H,6,9-10H2,1-5H3;1H. The molecule has 2 heterocycles. The highest BCUT2D eigenvalue weighted by atomic mass is 79.9. The number of rotatable bonds is 3. The number of hydrogen-bond donors (Lipinski definition) is 0. The van der Waals surface area contributed by atoms with Crippen molar-refractivity contribution in [3.63, 3.8) is 0 Å². The third-order valence-electron chi connectivity index (χ3n) is 6.16. The first-order valence-corrected chi connectivity index (χ1v) is 10.7. The Morgan fingerprint density at radius 2 is 1.57 bits per heavy atom. The molecule has 0 aliphatic heterocycles. The van der Waals surface area contributed by atoms with Crippen LogP contribution in [0.25, 0.3) is 21.8 Å². The van der Waals surface area contributed by atoms with Gasteiger partial charge in [-0.25, -0.2) is 4.98 Å². The van der Waals surface area contributed by atoms with Crippen LogP contribution in [0.2, 0.25) is 0 Å². The average molecular weight is 457 g/mol. The molecule has 2 aromatic heterocycles. The lowest BCUT2D eigenvalue weighted by molar-refractivity contribution is 0.331. The first-order chi connectivity index (χ1) is 12.8. The van der Waals surface area contributed by atoms with Crippen molar-refractivity contribution in [3.8, 4) is 21.8 Å². The highest BCUT2D eigenvalue weighted by molar-refractivity contribution is 8.93. The topological polar surface area (TPSA) is 25.8 Å². The second kappa shape index (κ2) is 7.72. The summed E-state index contributed by atoms with van der Waals surface area (Å²) < 4.78 is 0. The van der Waals surface area contributed by atoms with Gasteiger partial charge in [-0.2, -0.15) is 0 Å². The summed E-state index contributed by atoms with van der Waals surface area (Å²) in [6.45, 7) is 11.8. The van der Waals surface area contributed by atoms with Crippen molar-refractivity contribution in [2.24, 2.45) is 0 Å². The maximum absolute atomic E-state index is 4.98. The lowest BCUT2D eigenvalue weighted by atomic mass is 9.62. The van der Waals surface area contributed by atoms with Crippen LogP contribution in [-0.2, 0) is 17.3 Å². The van der Waals surface area contributed by atoms with Crippen LogP contribution in [0.3, 0.4) is 0 Å². The number of nitrogens with zero attached hydrogens (tertiary/aromatic N) is 2. The molecule has 4 heteroatoms. The fraction of sp³-hybridized carbons (Fsp3) is 0.417. The molecule has 0 unspecified atom stereocenters. The van der Waals surface area contributed by atoms with E-state index in [0.717, 1.165) is 22.7 Å². The molecular weight excluding hydrogens is 428 g/mol. The summed E-state index contributed by atoms with van der Waals surface area (Å²) in [6, 6.07) is 8.97. The van der Waals surface area contributed by atoms with Crippen LogP contribution in [0.1, 0.15) is 64.2 Å². The van der Waals surface area contributed by atoms with Crippen molar-refractivity contribution >= 4 is 28.3 Å². The molecule has 0 atom stereocenters. The number of fused-ring (bicyclic) bond motifs is 1. The van der Waals surface area contributed by atoms with E-state index in [-0.39, 0.29) is 27.8 Å². The Hall–Kier alpha value is -1.52. The third-order valence-corrected chi connectivity index (χ3v) is 7.06. The first-order valence-electron chi connectivity index (χ1n) is 9.86. The van der Waals surface area contributed by atoms with E-state index in [9.17, 15) is 0 Å². The van der Waals surface area contributed by atoms with E-state index in [4.69, 9.17) is 4.98 Å². The summed E-state index contributed by atoms with van der Waals surface area (Å²) in [6.07, 6.45) is 7.17. The monoisotopic (exact) mass is 456 g/mol. The Bertz CT molecular complexity index is 974. The van der Waals surface area contributed by atoms with Crippen LogP contribution >= 0.6 is 28.3 Å². The molecule has 0 bridgehead atoms. The Morgan fingerprint density at radius 1 is 0.964 bits per heavy atom. The van der Waals surface area contributed by atoms with Crippen molar-refractivity contribution in [1.29, 1.82) is 0 Å². The van der Waals surface area contributed by atoms with Gasteiger partial charge in [0.05, 0.1) is 5.69 Å². The van der Waals surface area contributed by atoms with Crippen LogP contribution < -0.4 is 0 Å². The molecule has 0 amide bonds. The van der Waals surface area contributed by atoms with Gasteiger partial charge in [-0.1, -0.05) is 40.7 Å². The molecule has 0 radical (unpaired) electrons. The normalized spacial score (nSPS) is 16.9. The van der Waals surface area contributed by atoms with Gasteiger partial charge in [0.15, 0.2) is 0 Å². The second-order valence-electron chi connectivity index (χ2n) is 8.95. The lowest BCUT2D eigenvalue weighted by Crippen LogP contribution is -2.34. The van der Waals surface area contributed by atoms with Crippen molar-refractivity contribution in [2.45, 2.75) is 64.7 Å². The highest BCUT2D eigenvalue weighted by Gasteiger charge is 2.37. The number of pyridine rings is 1. The molecule has 4 rings (SSSR count). The smallest absolute Gasteiger partial charge is 0.124 e. The molecule has 2 nitrogen and oxygen atoms in total. The van der Waals surface area contributed by atoms with Crippen LogP contribution in [0, 0.1) is 0 Å². The molecule has 0 saturated heterocycles. The van der Waals surface area contributed by atoms with Crippen molar-refractivity contribution in [1.82, 2.24) is 9.97 Å². The SMILES string of the molecule is Br.CCc1cc2c(cc1-c1csc(-c3ccncc3)n1)C(C)(C)CCC2(C)C. The predicted molar refractivity (Wildman–Crippen MR) is 126 cm³/mol. The Morgan fingerprint density at radius 3 is 2.18 bits per heavy atom. The molecule has 148 valence electrons. The Kier molecular flexibility index (Phi) is 5.84. The van der Waals surface area contributed by atoms with Crippen LogP contribution in [0.15, 0.2) is 42.0 Å². The van der Waals surface area contributed by atoms with Gasteiger partial charge in [0.25, 0.3) is 0 Å². The number of benzene rings is 1. The van der Waals surface area contributed by atoms with Crippen LogP contribution in [0.4, 0.5) is 0 Å². The average Bonchev–Trinajstić information content (AvgIpc) is 3.15. The van der Waals surface area contributed by atoms with Crippen molar-refractivity contribution in [3.05, 3.63) is 58.7 Å². The van der Waals surface area contributed by atoms with Crippen LogP contribution in [0.5, 0.6) is 0 Å². The molecule has 3 aromatic rings. The number of aromatic nitrogens is 2. The fourth-order valence-corrected chi connectivity index (χ4v) is 5.04. The van der Waals surface area contributed by atoms with Gasteiger partial charge >= 0.3 is 0 Å². The maximum Gasteiger partial charge on any atom is 0.124 e. The first kappa shape index (κ1) is 21.2. The lowest BCUT2D eigenvalue weighted by Gasteiger charge is -2.42. The minimum Gasteiger partial charge on any atom is -0.265 e. The zero-order chi connectivity index (χ0) is 19.2. The molecule has 0 spiro atoms. The minimum absolute atomic E-state index is 0. The third kappa shape index (κ3) is 3.69. The van der Waals surface area contributed by atoms with Gasteiger partial charge in [0, 0.05) is 28.9 Å². The molecule has 1 aliphatic rings. The van der Waals surface area contributed by atoms with E-state index in [0.29, 0.717) is 0 Å². The molecule has 28 heavy (non-hydrogen) atoms. The van der Waals surface area contributed by atoms with E-state index in [2.05, 4.69) is 57.1 Å².